The minimum Gasteiger partial charge on any atom is -0.381 e. The molecule has 4 heterocycles. The Morgan fingerprint density at radius 2 is 1.96 bits per heavy atom. The number of aromatic nitrogens is 3. The summed E-state index contributed by atoms with van der Waals surface area (Å²) in [6.45, 7) is 3.18. The van der Waals surface area contributed by atoms with E-state index in [4.69, 9.17) is 4.74 Å². The topological polar surface area (TPSA) is 98.5 Å². The number of ether oxygens (including phenoxy) is 1. The van der Waals surface area contributed by atoms with Crippen LogP contribution in [0.2, 0.25) is 0 Å². The fraction of sp³-hybridized carbons (Fsp3) is 0.579. The Hall–Kier alpha value is -2.68. The van der Waals surface area contributed by atoms with Crippen molar-refractivity contribution in [3.8, 4) is 0 Å². The largest absolute Gasteiger partial charge is 0.381 e. The van der Waals surface area contributed by atoms with Gasteiger partial charge in [-0.2, -0.15) is 0 Å². The molecule has 28 heavy (non-hydrogen) atoms. The third kappa shape index (κ3) is 3.42. The molecule has 2 aliphatic heterocycles. The van der Waals surface area contributed by atoms with Crippen molar-refractivity contribution in [1.29, 1.82) is 0 Å². The predicted octanol–water partition coefficient (Wildman–Crippen LogP) is 0.486. The number of nitrogens with one attached hydrogen (secondary N) is 1. The first kappa shape index (κ1) is 18.7. The summed E-state index contributed by atoms with van der Waals surface area (Å²) in [6.07, 6.45) is 1.38. The molecule has 0 saturated carbocycles. The average molecular weight is 387 g/mol. The van der Waals surface area contributed by atoms with Gasteiger partial charge >= 0.3 is 5.69 Å². The molecule has 0 aromatic carbocycles. The van der Waals surface area contributed by atoms with Gasteiger partial charge in [-0.1, -0.05) is 0 Å². The van der Waals surface area contributed by atoms with Crippen LogP contribution in [0.5, 0.6) is 0 Å². The third-order valence-electron chi connectivity index (χ3n) is 5.83. The fourth-order valence-corrected chi connectivity index (χ4v) is 3.96. The maximum absolute atomic E-state index is 12.3. The summed E-state index contributed by atoms with van der Waals surface area (Å²) >= 11 is 0. The van der Waals surface area contributed by atoms with Gasteiger partial charge in [0.1, 0.15) is 5.82 Å². The van der Waals surface area contributed by atoms with E-state index < -0.39 is 0 Å². The molecular weight excluding hydrogens is 362 g/mol. The quantitative estimate of drug-likeness (QED) is 0.805. The second-order valence-corrected chi connectivity index (χ2v) is 7.67. The Balaban J connectivity index is 1.28. The van der Waals surface area contributed by atoms with Crippen LogP contribution in [0.4, 0.5) is 5.82 Å². The number of amides is 2. The van der Waals surface area contributed by atoms with Gasteiger partial charge in [0.15, 0.2) is 5.65 Å². The lowest BCUT2D eigenvalue weighted by Crippen LogP contribution is -2.52. The van der Waals surface area contributed by atoms with Crippen molar-refractivity contribution in [3.05, 3.63) is 22.6 Å². The molecule has 2 amide bonds. The highest BCUT2D eigenvalue weighted by Gasteiger charge is 2.37. The lowest BCUT2D eigenvalue weighted by atomic mass is 9.85. The molecule has 9 nitrogen and oxygen atoms in total. The monoisotopic (exact) mass is 387 g/mol. The van der Waals surface area contributed by atoms with Gasteiger partial charge in [0.25, 0.3) is 0 Å². The summed E-state index contributed by atoms with van der Waals surface area (Å²) in [4.78, 5) is 42.6. The number of likely N-dealkylation sites (tertiary alicyclic amines) is 1. The van der Waals surface area contributed by atoms with Crippen LogP contribution in [-0.2, 0) is 28.4 Å². The Kier molecular flexibility index (Phi) is 4.92. The van der Waals surface area contributed by atoms with Crippen molar-refractivity contribution in [1.82, 2.24) is 19.0 Å². The van der Waals surface area contributed by atoms with Crippen LogP contribution in [0.1, 0.15) is 19.3 Å². The molecule has 2 aromatic heterocycles. The van der Waals surface area contributed by atoms with Gasteiger partial charge in [0.2, 0.25) is 11.8 Å². The molecule has 2 fully saturated rings. The van der Waals surface area contributed by atoms with Crippen LogP contribution < -0.4 is 11.0 Å². The normalized spacial score (nSPS) is 19.8. The van der Waals surface area contributed by atoms with E-state index in [0.717, 1.165) is 32.7 Å². The summed E-state index contributed by atoms with van der Waals surface area (Å²) in [6, 6.07) is 3.41. The highest BCUT2D eigenvalue weighted by atomic mass is 16.5. The summed E-state index contributed by atoms with van der Waals surface area (Å²) in [5, 5.41) is 2.71. The van der Waals surface area contributed by atoms with Crippen molar-refractivity contribution in [2.24, 2.45) is 25.9 Å². The highest BCUT2D eigenvalue weighted by Crippen LogP contribution is 2.30. The van der Waals surface area contributed by atoms with E-state index >= 15 is 0 Å². The summed E-state index contributed by atoms with van der Waals surface area (Å²) in [5.41, 5.74) is 1.03. The molecule has 4 rings (SSSR count). The molecule has 9 heteroatoms. The first-order valence-corrected chi connectivity index (χ1v) is 9.62. The molecule has 1 atom stereocenters. The molecule has 0 aliphatic carbocycles. The summed E-state index contributed by atoms with van der Waals surface area (Å²) in [5.74, 6) is 1.23. The second-order valence-electron chi connectivity index (χ2n) is 7.67. The molecule has 0 radical (unpaired) electrons. The molecule has 2 aromatic rings. The van der Waals surface area contributed by atoms with E-state index in [9.17, 15) is 14.4 Å². The second kappa shape index (κ2) is 7.38. The Labute approximate surface area is 162 Å². The zero-order valence-electron chi connectivity index (χ0n) is 16.2. The van der Waals surface area contributed by atoms with Crippen molar-refractivity contribution in [3.63, 3.8) is 0 Å². The van der Waals surface area contributed by atoms with Crippen molar-refractivity contribution in [2.45, 2.75) is 19.3 Å². The first-order chi connectivity index (χ1) is 13.4. The zero-order chi connectivity index (χ0) is 19.8. The number of nitrogens with zero attached hydrogens (tertiary/aromatic N) is 4. The van der Waals surface area contributed by atoms with Gasteiger partial charge in [0.05, 0.1) is 5.52 Å². The van der Waals surface area contributed by atoms with E-state index in [2.05, 4.69) is 10.3 Å². The van der Waals surface area contributed by atoms with Gasteiger partial charge in [-0.05, 0) is 30.4 Å². The lowest BCUT2D eigenvalue weighted by Gasteiger charge is -2.42. The Bertz CT molecular complexity index is 967. The summed E-state index contributed by atoms with van der Waals surface area (Å²) < 4.78 is 8.34. The molecular formula is C19H25N5O4. The molecule has 2 aliphatic rings. The highest BCUT2D eigenvalue weighted by molar-refractivity contribution is 5.93. The molecule has 0 spiro atoms. The third-order valence-corrected chi connectivity index (χ3v) is 5.83. The number of carbonyl (C=O) groups is 2. The molecule has 1 N–H and O–H groups in total. The van der Waals surface area contributed by atoms with Crippen molar-refractivity contribution in [2.75, 3.05) is 31.6 Å². The Morgan fingerprint density at radius 1 is 1.18 bits per heavy atom. The van der Waals surface area contributed by atoms with E-state index in [1.54, 1.807) is 26.2 Å². The van der Waals surface area contributed by atoms with Gasteiger partial charge in [-0.15, -0.1) is 0 Å². The number of hydrogen-bond acceptors (Lipinski definition) is 5. The van der Waals surface area contributed by atoms with Gasteiger partial charge in [0, 0.05) is 53.2 Å². The van der Waals surface area contributed by atoms with Crippen LogP contribution >= 0.6 is 0 Å². The van der Waals surface area contributed by atoms with Gasteiger partial charge in [-0.25, -0.2) is 9.78 Å². The zero-order valence-corrected chi connectivity index (χ0v) is 16.2. The maximum atomic E-state index is 12.3. The maximum Gasteiger partial charge on any atom is 0.329 e. The first-order valence-electron chi connectivity index (χ1n) is 9.62. The summed E-state index contributed by atoms with van der Waals surface area (Å²) in [7, 11) is 3.32. The van der Waals surface area contributed by atoms with Gasteiger partial charge in [-0.3, -0.25) is 18.7 Å². The van der Waals surface area contributed by atoms with Crippen LogP contribution in [-0.4, -0.2) is 57.1 Å². The fourth-order valence-electron chi connectivity index (χ4n) is 3.96. The Morgan fingerprint density at radius 3 is 2.68 bits per heavy atom. The number of pyridine rings is 1. The van der Waals surface area contributed by atoms with Crippen LogP contribution in [0.15, 0.2) is 16.9 Å². The number of anilines is 1. The molecule has 1 unspecified atom stereocenters. The number of hydrogen-bond donors (Lipinski definition) is 1. The predicted molar refractivity (Wildman–Crippen MR) is 103 cm³/mol. The SMILES string of the molecule is Cn1c(=O)n(C)c2nc(NC(=O)CCC(=O)N3CC(C4CCOC4)C3)ccc21. The van der Waals surface area contributed by atoms with E-state index in [0.29, 0.717) is 28.8 Å². The van der Waals surface area contributed by atoms with E-state index in [-0.39, 0.29) is 30.3 Å². The van der Waals surface area contributed by atoms with Crippen LogP contribution in [0.25, 0.3) is 11.2 Å². The van der Waals surface area contributed by atoms with Gasteiger partial charge < -0.3 is 15.0 Å². The standard InChI is InChI=1S/C19H25N5O4/c1-22-14-3-4-15(21-18(14)23(2)19(22)27)20-16(25)5-6-17(26)24-9-13(10-24)12-7-8-28-11-12/h3-4,12-13H,5-11H2,1-2H3,(H,20,21,25). The van der Waals surface area contributed by atoms with Crippen molar-refractivity contribution >= 4 is 28.8 Å². The van der Waals surface area contributed by atoms with Crippen LogP contribution in [0.3, 0.4) is 0 Å². The number of imidazole rings is 1. The minimum absolute atomic E-state index is 0.0131. The smallest absolute Gasteiger partial charge is 0.329 e. The molecule has 2 saturated heterocycles. The molecule has 0 bridgehead atoms. The number of carbonyl (C=O) groups excluding carboxylic acids is 2. The van der Waals surface area contributed by atoms with E-state index in [1.165, 1.54) is 9.13 Å². The lowest BCUT2D eigenvalue weighted by molar-refractivity contribution is -0.140. The number of rotatable bonds is 5. The number of fused-ring (bicyclic) bond motifs is 1. The van der Waals surface area contributed by atoms with E-state index in [1.807, 2.05) is 4.90 Å². The average Bonchev–Trinajstić information content (AvgIpc) is 3.23. The minimum atomic E-state index is -0.262. The molecule has 150 valence electrons. The number of aryl methyl sites for hydroxylation is 2. The van der Waals surface area contributed by atoms with Crippen molar-refractivity contribution < 1.29 is 14.3 Å². The van der Waals surface area contributed by atoms with Crippen LogP contribution in [0, 0.1) is 11.8 Å².